The van der Waals surface area contributed by atoms with Gasteiger partial charge in [-0.05, 0) is 41.8 Å². The minimum Gasteiger partial charge on any atom is -0.497 e. The molecule has 1 heterocycles. The molecule has 0 radical (unpaired) electrons. The highest BCUT2D eigenvalue weighted by molar-refractivity contribution is 5.77. The van der Waals surface area contributed by atoms with Gasteiger partial charge in [0.15, 0.2) is 0 Å². The molecule has 0 spiro atoms. The van der Waals surface area contributed by atoms with Crippen LogP contribution in [-0.2, 0) is 11.2 Å². The number of nitrogens with zero attached hydrogens (tertiary/aromatic N) is 1. The van der Waals surface area contributed by atoms with E-state index in [1.807, 2.05) is 35.2 Å². The smallest absolute Gasteiger partial charge is 0.223 e. The second-order valence-electron chi connectivity index (χ2n) is 6.21. The van der Waals surface area contributed by atoms with Gasteiger partial charge in [0, 0.05) is 26.1 Å². The minimum atomic E-state index is -0.270. The van der Waals surface area contributed by atoms with E-state index >= 15 is 0 Å². The Morgan fingerprint density at radius 2 is 2.08 bits per heavy atom. The van der Waals surface area contributed by atoms with Crippen molar-refractivity contribution in [3.05, 3.63) is 65.5 Å². The topological polar surface area (TPSA) is 41.6 Å². The predicted molar refractivity (Wildman–Crippen MR) is 95.0 cm³/mol. The molecule has 1 aliphatic heterocycles. The predicted octanol–water partition coefficient (Wildman–Crippen LogP) is 2.94. The van der Waals surface area contributed by atoms with E-state index in [4.69, 9.17) is 4.74 Å². The van der Waals surface area contributed by atoms with Crippen molar-refractivity contribution in [3.63, 3.8) is 0 Å². The highest BCUT2D eigenvalue weighted by Crippen LogP contribution is 2.24. The maximum Gasteiger partial charge on any atom is 0.223 e. The molecule has 3 rings (SSSR count). The van der Waals surface area contributed by atoms with E-state index in [9.17, 15) is 9.18 Å². The molecule has 2 aromatic rings. The van der Waals surface area contributed by atoms with Crippen molar-refractivity contribution in [2.24, 2.45) is 0 Å². The zero-order valence-corrected chi connectivity index (χ0v) is 14.4. The van der Waals surface area contributed by atoms with E-state index in [1.165, 1.54) is 12.1 Å². The third-order valence-electron chi connectivity index (χ3n) is 4.58. The van der Waals surface area contributed by atoms with Gasteiger partial charge >= 0.3 is 0 Å². The van der Waals surface area contributed by atoms with Gasteiger partial charge in [0.2, 0.25) is 5.91 Å². The van der Waals surface area contributed by atoms with Gasteiger partial charge < -0.3 is 15.0 Å². The average Bonchev–Trinajstić information content (AvgIpc) is 2.66. The molecular formula is C20H23FN2O2. The Bertz CT molecular complexity index is 718. The van der Waals surface area contributed by atoms with Crippen LogP contribution in [0.1, 0.15) is 23.6 Å². The van der Waals surface area contributed by atoms with Crippen LogP contribution in [0.2, 0.25) is 0 Å². The van der Waals surface area contributed by atoms with Crippen LogP contribution in [0, 0.1) is 5.82 Å². The first-order chi connectivity index (χ1) is 12.2. The number of ether oxygens (including phenoxy) is 1. The van der Waals surface area contributed by atoms with Gasteiger partial charge in [-0.25, -0.2) is 4.39 Å². The van der Waals surface area contributed by atoms with Gasteiger partial charge in [-0.1, -0.05) is 24.3 Å². The number of halogens is 1. The lowest BCUT2D eigenvalue weighted by Gasteiger charge is -2.36. The first-order valence-electron chi connectivity index (χ1n) is 8.56. The Labute approximate surface area is 147 Å². The number of methoxy groups -OCH3 is 1. The van der Waals surface area contributed by atoms with Gasteiger partial charge in [0.25, 0.3) is 0 Å². The normalized spacial score (nSPS) is 17.4. The Morgan fingerprint density at radius 3 is 2.80 bits per heavy atom. The Balaban J connectivity index is 1.66. The number of aryl methyl sites for hydroxylation is 1. The number of benzene rings is 2. The molecule has 0 bridgehead atoms. The van der Waals surface area contributed by atoms with Crippen molar-refractivity contribution in [2.75, 3.05) is 26.7 Å². The molecule has 5 heteroatoms. The van der Waals surface area contributed by atoms with Crippen molar-refractivity contribution < 1.29 is 13.9 Å². The summed E-state index contributed by atoms with van der Waals surface area (Å²) in [4.78, 5) is 14.6. The molecule has 1 unspecified atom stereocenters. The zero-order valence-electron chi connectivity index (χ0n) is 14.4. The summed E-state index contributed by atoms with van der Waals surface area (Å²) in [6.45, 7) is 2.06. The molecule has 1 fully saturated rings. The fourth-order valence-electron chi connectivity index (χ4n) is 3.20. The molecule has 132 valence electrons. The van der Waals surface area contributed by atoms with Crippen LogP contribution in [0.15, 0.2) is 48.5 Å². The number of amides is 1. The Morgan fingerprint density at radius 1 is 1.28 bits per heavy atom. The molecule has 1 aliphatic rings. The molecule has 0 aliphatic carbocycles. The third-order valence-corrected chi connectivity index (χ3v) is 4.58. The molecule has 2 aromatic carbocycles. The van der Waals surface area contributed by atoms with Crippen molar-refractivity contribution in [1.82, 2.24) is 10.2 Å². The summed E-state index contributed by atoms with van der Waals surface area (Å²) >= 11 is 0. The standard InChI is InChI=1S/C20H23FN2O2/c1-25-18-8-5-15(6-9-18)7-10-20(24)23-12-11-22-14-19(23)16-3-2-4-17(21)13-16/h2-6,8-9,13,19,22H,7,10-12,14H2,1H3. The molecule has 25 heavy (non-hydrogen) atoms. The van der Waals surface area contributed by atoms with Gasteiger partial charge in [0.05, 0.1) is 13.2 Å². The Kier molecular flexibility index (Phi) is 5.66. The first kappa shape index (κ1) is 17.4. The second kappa shape index (κ2) is 8.12. The van der Waals surface area contributed by atoms with E-state index in [0.717, 1.165) is 23.4 Å². The van der Waals surface area contributed by atoms with Crippen molar-refractivity contribution in [2.45, 2.75) is 18.9 Å². The molecule has 1 saturated heterocycles. The highest BCUT2D eigenvalue weighted by atomic mass is 19.1. The van der Waals surface area contributed by atoms with E-state index in [-0.39, 0.29) is 17.8 Å². The van der Waals surface area contributed by atoms with Crippen LogP contribution in [0.4, 0.5) is 4.39 Å². The second-order valence-corrected chi connectivity index (χ2v) is 6.21. The average molecular weight is 342 g/mol. The van der Waals surface area contributed by atoms with Gasteiger partial charge in [-0.15, -0.1) is 0 Å². The number of rotatable bonds is 5. The van der Waals surface area contributed by atoms with Gasteiger partial charge in [-0.3, -0.25) is 4.79 Å². The monoisotopic (exact) mass is 342 g/mol. The van der Waals surface area contributed by atoms with Crippen molar-refractivity contribution in [1.29, 1.82) is 0 Å². The fraction of sp³-hybridized carbons (Fsp3) is 0.350. The van der Waals surface area contributed by atoms with E-state index < -0.39 is 0 Å². The van der Waals surface area contributed by atoms with Crippen LogP contribution in [0.5, 0.6) is 5.75 Å². The number of carbonyl (C=O) groups excluding carboxylic acids is 1. The lowest BCUT2D eigenvalue weighted by Crippen LogP contribution is -2.48. The highest BCUT2D eigenvalue weighted by Gasteiger charge is 2.27. The zero-order chi connectivity index (χ0) is 17.6. The number of nitrogens with one attached hydrogen (secondary N) is 1. The molecule has 1 N–H and O–H groups in total. The fourth-order valence-corrected chi connectivity index (χ4v) is 3.20. The van der Waals surface area contributed by atoms with Gasteiger partial charge in [0.1, 0.15) is 11.6 Å². The van der Waals surface area contributed by atoms with E-state index in [0.29, 0.717) is 25.9 Å². The summed E-state index contributed by atoms with van der Waals surface area (Å²) in [5, 5.41) is 3.29. The largest absolute Gasteiger partial charge is 0.497 e. The van der Waals surface area contributed by atoms with Gasteiger partial charge in [-0.2, -0.15) is 0 Å². The SMILES string of the molecule is COc1ccc(CCC(=O)N2CCNCC2c2cccc(F)c2)cc1. The number of piperazine rings is 1. The number of hydrogen-bond acceptors (Lipinski definition) is 3. The van der Waals surface area contributed by atoms with E-state index in [1.54, 1.807) is 13.2 Å². The molecule has 0 aromatic heterocycles. The minimum absolute atomic E-state index is 0.103. The number of hydrogen-bond donors (Lipinski definition) is 1. The Hall–Kier alpha value is -2.40. The van der Waals surface area contributed by atoms with Crippen LogP contribution < -0.4 is 10.1 Å². The summed E-state index contributed by atoms with van der Waals surface area (Å²) in [7, 11) is 1.63. The molecule has 1 atom stereocenters. The van der Waals surface area contributed by atoms with Crippen molar-refractivity contribution in [3.8, 4) is 5.75 Å². The first-order valence-corrected chi connectivity index (χ1v) is 8.56. The molecular weight excluding hydrogens is 319 g/mol. The van der Waals surface area contributed by atoms with Crippen LogP contribution >= 0.6 is 0 Å². The lowest BCUT2D eigenvalue weighted by atomic mass is 10.0. The van der Waals surface area contributed by atoms with Crippen LogP contribution in [-0.4, -0.2) is 37.6 Å². The quantitative estimate of drug-likeness (QED) is 0.908. The number of carbonyl (C=O) groups is 1. The molecule has 0 saturated carbocycles. The summed E-state index contributed by atoms with van der Waals surface area (Å²) < 4.78 is 18.7. The summed E-state index contributed by atoms with van der Waals surface area (Å²) in [6, 6.07) is 14.2. The molecule has 4 nitrogen and oxygen atoms in total. The van der Waals surface area contributed by atoms with E-state index in [2.05, 4.69) is 5.32 Å². The maximum atomic E-state index is 13.5. The summed E-state index contributed by atoms with van der Waals surface area (Å²) in [5.41, 5.74) is 1.94. The lowest BCUT2D eigenvalue weighted by molar-refractivity contribution is -0.134. The molecule has 1 amide bonds. The summed E-state index contributed by atoms with van der Waals surface area (Å²) in [5.74, 6) is 0.642. The van der Waals surface area contributed by atoms with Crippen LogP contribution in [0.25, 0.3) is 0 Å². The summed E-state index contributed by atoms with van der Waals surface area (Å²) in [6.07, 6.45) is 1.13. The third kappa shape index (κ3) is 4.37. The maximum absolute atomic E-state index is 13.5. The van der Waals surface area contributed by atoms with Crippen LogP contribution in [0.3, 0.4) is 0 Å². The van der Waals surface area contributed by atoms with Crippen molar-refractivity contribution >= 4 is 5.91 Å².